The first-order chi connectivity index (χ1) is 9.93. The van der Waals surface area contributed by atoms with Crippen molar-refractivity contribution in [2.75, 3.05) is 0 Å². The van der Waals surface area contributed by atoms with Crippen LogP contribution in [-0.4, -0.2) is 14.5 Å². The van der Waals surface area contributed by atoms with Gasteiger partial charge in [-0.1, -0.05) is 18.2 Å². The van der Waals surface area contributed by atoms with Gasteiger partial charge in [-0.25, -0.2) is 4.98 Å². The van der Waals surface area contributed by atoms with E-state index in [1.165, 1.54) is 18.3 Å². The molecule has 0 aliphatic heterocycles. The van der Waals surface area contributed by atoms with E-state index in [1.54, 1.807) is 22.7 Å². The van der Waals surface area contributed by atoms with E-state index in [2.05, 4.69) is 4.98 Å². The first-order valence-electron chi connectivity index (χ1n) is 6.24. The Kier molecular flexibility index (Phi) is 3.08. The van der Waals surface area contributed by atoms with Crippen molar-refractivity contribution in [3.63, 3.8) is 0 Å². The number of nitrogens with zero attached hydrogens (tertiary/aromatic N) is 2. The van der Waals surface area contributed by atoms with Crippen LogP contribution in [0.3, 0.4) is 0 Å². The van der Waals surface area contributed by atoms with Crippen molar-refractivity contribution in [3.05, 3.63) is 65.7 Å². The van der Waals surface area contributed by atoms with Gasteiger partial charge in [-0.15, -0.1) is 0 Å². The number of hydrogen-bond donors (Lipinski definition) is 1. The number of pyridine rings is 1. The summed E-state index contributed by atoms with van der Waals surface area (Å²) >= 11 is 0. The molecule has 0 saturated carbocycles. The minimum atomic E-state index is -4.36. The number of halogens is 3. The Bertz CT molecular complexity index is 793. The number of fused-ring (bicyclic) bond motifs is 1. The number of aromatic hydroxyl groups is 1. The maximum Gasteiger partial charge on any atom is 0.416 e. The molecule has 0 amide bonds. The highest BCUT2D eigenvalue weighted by Gasteiger charge is 2.30. The van der Waals surface area contributed by atoms with Crippen LogP contribution in [0.4, 0.5) is 13.2 Å². The van der Waals surface area contributed by atoms with Crippen molar-refractivity contribution in [3.8, 4) is 5.75 Å². The second-order valence-corrected chi connectivity index (χ2v) is 4.73. The number of alkyl halides is 3. The molecule has 3 aromatic rings. The van der Waals surface area contributed by atoms with Gasteiger partial charge in [0.15, 0.2) is 0 Å². The third-order valence-electron chi connectivity index (χ3n) is 3.20. The molecular formula is C15H11F3N2O. The van der Waals surface area contributed by atoms with Gasteiger partial charge in [-0.3, -0.25) is 4.40 Å². The lowest BCUT2D eigenvalue weighted by Gasteiger charge is -2.08. The Morgan fingerprint density at radius 2 is 1.95 bits per heavy atom. The van der Waals surface area contributed by atoms with Crippen LogP contribution in [-0.2, 0) is 12.6 Å². The second-order valence-electron chi connectivity index (χ2n) is 4.73. The molecule has 0 unspecified atom stereocenters. The fourth-order valence-electron chi connectivity index (χ4n) is 2.20. The SMILES string of the molecule is Oc1ccc2cnc(Cc3cccc(C(F)(F)F)c3)n2c1. The van der Waals surface area contributed by atoms with Crippen LogP contribution in [0.2, 0.25) is 0 Å². The predicted molar refractivity (Wildman–Crippen MR) is 71.1 cm³/mol. The molecule has 3 nitrogen and oxygen atoms in total. The van der Waals surface area contributed by atoms with Crippen LogP contribution in [0.1, 0.15) is 17.0 Å². The Morgan fingerprint density at radius 3 is 2.71 bits per heavy atom. The summed E-state index contributed by atoms with van der Waals surface area (Å²) in [6, 6.07) is 8.39. The summed E-state index contributed by atoms with van der Waals surface area (Å²) in [5.41, 5.74) is 0.610. The van der Waals surface area contributed by atoms with Gasteiger partial charge in [0, 0.05) is 6.42 Å². The second kappa shape index (κ2) is 4.80. The Hall–Kier alpha value is -2.50. The first kappa shape index (κ1) is 13.5. The highest BCUT2D eigenvalue weighted by atomic mass is 19.4. The number of imidazole rings is 1. The van der Waals surface area contributed by atoms with Crippen LogP contribution >= 0.6 is 0 Å². The molecule has 6 heteroatoms. The van der Waals surface area contributed by atoms with E-state index in [0.29, 0.717) is 11.4 Å². The van der Waals surface area contributed by atoms with Gasteiger partial charge in [0.25, 0.3) is 0 Å². The van der Waals surface area contributed by atoms with Crippen molar-refractivity contribution >= 4 is 5.52 Å². The number of benzene rings is 1. The average Bonchev–Trinajstić information content (AvgIpc) is 2.81. The molecule has 0 fully saturated rings. The minimum Gasteiger partial charge on any atom is -0.506 e. The first-order valence-corrected chi connectivity index (χ1v) is 6.24. The maximum atomic E-state index is 12.7. The van der Waals surface area contributed by atoms with E-state index in [0.717, 1.165) is 17.6 Å². The van der Waals surface area contributed by atoms with Gasteiger partial charge in [-0.05, 0) is 23.8 Å². The van der Waals surface area contributed by atoms with Crippen LogP contribution in [0, 0.1) is 0 Å². The quantitative estimate of drug-likeness (QED) is 0.783. The molecule has 0 bridgehead atoms. The van der Waals surface area contributed by atoms with Crippen LogP contribution < -0.4 is 0 Å². The number of hydrogen-bond acceptors (Lipinski definition) is 2. The third-order valence-corrected chi connectivity index (χ3v) is 3.20. The van der Waals surface area contributed by atoms with Crippen LogP contribution in [0.5, 0.6) is 5.75 Å². The summed E-state index contributed by atoms with van der Waals surface area (Å²) in [5.74, 6) is 0.644. The molecule has 0 aliphatic carbocycles. The van der Waals surface area contributed by atoms with E-state index in [-0.39, 0.29) is 12.2 Å². The molecule has 0 spiro atoms. The summed E-state index contributed by atoms with van der Waals surface area (Å²) in [6.45, 7) is 0. The smallest absolute Gasteiger partial charge is 0.416 e. The highest BCUT2D eigenvalue weighted by molar-refractivity contribution is 5.48. The molecule has 0 radical (unpaired) electrons. The zero-order chi connectivity index (χ0) is 15.0. The molecule has 0 saturated heterocycles. The van der Waals surface area contributed by atoms with E-state index in [1.807, 2.05) is 0 Å². The third kappa shape index (κ3) is 2.69. The zero-order valence-corrected chi connectivity index (χ0v) is 10.8. The predicted octanol–water partition coefficient (Wildman–Crippen LogP) is 3.65. The molecule has 1 N–H and O–H groups in total. The lowest BCUT2D eigenvalue weighted by atomic mass is 10.1. The Labute approximate surface area is 118 Å². The van der Waals surface area contributed by atoms with Crippen molar-refractivity contribution in [2.45, 2.75) is 12.6 Å². The van der Waals surface area contributed by atoms with Crippen LogP contribution in [0.15, 0.2) is 48.8 Å². The van der Waals surface area contributed by atoms with E-state index in [4.69, 9.17) is 0 Å². The van der Waals surface area contributed by atoms with Crippen molar-refractivity contribution in [1.82, 2.24) is 9.38 Å². The van der Waals surface area contributed by atoms with Gasteiger partial charge in [0.05, 0.1) is 23.5 Å². The summed E-state index contributed by atoms with van der Waals surface area (Å²) in [4.78, 5) is 4.19. The largest absolute Gasteiger partial charge is 0.506 e. The van der Waals surface area contributed by atoms with Crippen molar-refractivity contribution < 1.29 is 18.3 Å². The van der Waals surface area contributed by atoms with Gasteiger partial charge in [0.2, 0.25) is 0 Å². The molecule has 1 aromatic carbocycles. The van der Waals surface area contributed by atoms with Gasteiger partial charge in [0.1, 0.15) is 11.6 Å². The topological polar surface area (TPSA) is 37.5 Å². The van der Waals surface area contributed by atoms with E-state index in [9.17, 15) is 18.3 Å². The molecular weight excluding hydrogens is 281 g/mol. The summed E-state index contributed by atoms with van der Waals surface area (Å²) < 4.78 is 39.8. The molecule has 0 atom stereocenters. The lowest BCUT2D eigenvalue weighted by molar-refractivity contribution is -0.137. The van der Waals surface area contributed by atoms with Crippen molar-refractivity contribution in [2.24, 2.45) is 0 Å². The van der Waals surface area contributed by atoms with E-state index < -0.39 is 11.7 Å². The standard InChI is InChI=1S/C15H11F3N2O/c16-15(17,18)11-3-1-2-10(6-11)7-14-19-8-12-4-5-13(21)9-20(12)14/h1-6,8-9,21H,7H2. The molecule has 108 valence electrons. The maximum absolute atomic E-state index is 12.7. The number of rotatable bonds is 2. The normalized spacial score (nSPS) is 12.0. The summed E-state index contributed by atoms with van der Waals surface area (Å²) in [5, 5.41) is 9.49. The molecule has 3 rings (SSSR count). The summed E-state index contributed by atoms with van der Waals surface area (Å²) in [6.07, 6.45) is -1.00. The highest BCUT2D eigenvalue weighted by Crippen LogP contribution is 2.30. The van der Waals surface area contributed by atoms with Gasteiger partial charge >= 0.3 is 6.18 Å². The van der Waals surface area contributed by atoms with Gasteiger partial charge < -0.3 is 5.11 Å². The fourth-order valence-corrected chi connectivity index (χ4v) is 2.20. The van der Waals surface area contributed by atoms with Crippen LogP contribution in [0.25, 0.3) is 5.52 Å². The average molecular weight is 292 g/mol. The summed E-state index contributed by atoms with van der Waals surface area (Å²) in [7, 11) is 0. The van der Waals surface area contributed by atoms with Gasteiger partial charge in [-0.2, -0.15) is 13.2 Å². The number of aromatic nitrogens is 2. The monoisotopic (exact) mass is 292 g/mol. The molecule has 2 aromatic heterocycles. The minimum absolute atomic E-state index is 0.0748. The molecule has 0 aliphatic rings. The molecule has 21 heavy (non-hydrogen) atoms. The Morgan fingerprint density at radius 1 is 1.14 bits per heavy atom. The van der Waals surface area contributed by atoms with Crippen molar-refractivity contribution in [1.29, 1.82) is 0 Å². The lowest BCUT2D eigenvalue weighted by Crippen LogP contribution is -2.06. The Balaban J connectivity index is 1.97. The zero-order valence-electron chi connectivity index (χ0n) is 10.8. The fraction of sp³-hybridized carbons (Fsp3) is 0.133. The van der Waals surface area contributed by atoms with E-state index >= 15 is 0 Å². The molecule has 2 heterocycles.